The Kier molecular flexibility index (Phi) is 4.79. The molecule has 4 atom stereocenters. The van der Waals surface area contributed by atoms with Gasteiger partial charge in [-0.05, 0) is 0 Å². The second kappa shape index (κ2) is 6.28. The summed E-state index contributed by atoms with van der Waals surface area (Å²) in [6.45, 7) is -0.389. The summed E-state index contributed by atoms with van der Waals surface area (Å²) in [5.41, 5.74) is -1.44. The first kappa shape index (κ1) is 16.8. The molecule has 2 rings (SSSR count). The van der Waals surface area contributed by atoms with Crippen molar-refractivity contribution in [3.63, 3.8) is 0 Å². The molecule has 0 unspecified atom stereocenters. The van der Waals surface area contributed by atoms with Crippen LogP contribution in [0.5, 0.6) is 0 Å². The molecular weight excluding hydrogens is 322 g/mol. The van der Waals surface area contributed by atoms with E-state index in [1.165, 1.54) is 0 Å². The van der Waals surface area contributed by atoms with Gasteiger partial charge >= 0.3 is 5.69 Å². The highest BCUT2D eigenvalue weighted by atomic mass is 32.2. The zero-order valence-corrected chi connectivity index (χ0v) is 12.2. The predicted octanol–water partition coefficient (Wildman–Crippen LogP) is -3.36. The molecule has 1 aromatic heterocycles. The third-order valence-corrected chi connectivity index (χ3v) is 3.34. The molecule has 0 amide bonds. The number of aromatic amines is 1. The van der Waals surface area contributed by atoms with Gasteiger partial charge in [0.1, 0.15) is 18.3 Å². The van der Waals surface area contributed by atoms with Gasteiger partial charge in [0.25, 0.3) is 5.56 Å². The lowest BCUT2D eigenvalue weighted by Crippen LogP contribution is -2.38. The minimum atomic E-state index is -3.59. The molecule has 124 valence electrons. The van der Waals surface area contributed by atoms with Crippen molar-refractivity contribution in [2.45, 2.75) is 24.5 Å². The summed E-state index contributed by atoms with van der Waals surface area (Å²) >= 11 is 0. The molecule has 4 N–H and O–H groups in total. The van der Waals surface area contributed by atoms with Crippen LogP contribution in [0, 0.1) is 0 Å². The smallest absolute Gasteiger partial charge is 0.330 e. The number of sulfonamides is 1. The van der Waals surface area contributed by atoms with E-state index in [9.17, 15) is 28.2 Å². The van der Waals surface area contributed by atoms with E-state index in [2.05, 4.69) is 4.84 Å². The van der Waals surface area contributed by atoms with Gasteiger partial charge in [0.05, 0.1) is 12.9 Å². The molecule has 0 saturated carbocycles. The SMILES string of the molecule is CS(=O)(=O)NOC[C@H]1O[C@@H](n2ccc(=O)[nH]c2=O)[C@H](O)[C@@H]1O. The van der Waals surface area contributed by atoms with E-state index in [1.54, 1.807) is 4.89 Å². The van der Waals surface area contributed by atoms with Crippen LogP contribution in [-0.2, 0) is 19.6 Å². The Hall–Kier alpha value is -1.57. The Morgan fingerprint density at radius 3 is 2.68 bits per heavy atom. The van der Waals surface area contributed by atoms with Gasteiger partial charge in [-0.25, -0.2) is 13.2 Å². The fraction of sp³-hybridized carbons (Fsp3) is 0.600. The van der Waals surface area contributed by atoms with E-state index >= 15 is 0 Å². The molecule has 0 radical (unpaired) electrons. The Labute approximate surface area is 124 Å². The van der Waals surface area contributed by atoms with Crippen LogP contribution in [0.1, 0.15) is 6.23 Å². The number of hydrogen-bond acceptors (Lipinski definition) is 8. The van der Waals surface area contributed by atoms with Crippen LogP contribution in [0.4, 0.5) is 0 Å². The molecule has 1 aromatic rings. The van der Waals surface area contributed by atoms with E-state index in [0.717, 1.165) is 23.1 Å². The van der Waals surface area contributed by atoms with Gasteiger partial charge in [-0.2, -0.15) is 0 Å². The molecule has 1 saturated heterocycles. The quantitative estimate of drug-likeness (QED) is 0.405. The Morgan fingerprint density at radius 2 is 2.09 bits per heavy atom. The van der Waals surface area contributed by atoms with Gasteiger partial charge < -0.3 is 14.9 Å². The van der Waals surface area contributed by atoms with Crippen molar-refractivity contribution in [3.05, 3.63) is 33.1 Å². The van der Waals surface area contributed by atoms with Crippen molar-refractivity contribution in [3.8, 4) is 0 Å². The van der Waals surface area contributed by atoms with Crippen molar-refractivity contribution >= 4 is 10.0 Å². The van der Waals surface area contributed by atoms with Crippen LogP contribution in [0.2, 0.25) is 0 Å². The van der Waals surface area contributed by atoms with Crippen molar-refractivity contribution < 1.29 is 28.2 Å². The summed E-state index contributed by atoms with van der Waals surface area (Å²) < 4.78 is 27.9. The molecule has 1 fully saturated rings. The highest BCUT2D eigenvalue weighted by Gasteiger charge is 2.44. The zero-order chi connectivity index (χ0) is 16.5. The number of aliphatic hydroxyl groups excluding tert-OH is 2. The number of aliphatic hydroxyl groups is 2. The molecule has 2 heterocycles. The van der Waals surface area contributed by atoms with E-state index in [-0.39, 0.29) is 6.61 Å². The molecule has 0 spiro atoms. The number of rotatable bonds is 5. The molecule has 11 nitrogen and oxygen atoms in total. The van der Waals surface area contributed by atoms with Crippen molar-refractivity contribution in [2.75, 3.05) is 12.9 Å². The molecule has 1 aliphatic heterocycles. The fourth-order valence-corrected chi connectivity index (χ4v) is 2.23. The number of nitrogens with one attached hydrogen (secondary N) is 2. The lowest BCUT2D eigenvalue weighted by Gasteiger charge is -2.16. The number of ether oxygens (including phenoxy) is 1. The Morgan fingerprint density at radius 1 is 1.41 bits per heavy atom. The van der Waals surface area contributed by atoms with Gasteiger partial charge in [0.15, 0.2) is 6.23 Å². The normalized spacial score (nSPS) is 28.9. The van der Waals surface area contributed by atoms with Crippen LogP contribution >= 0.6 is 0 Å². The average molecular weight is 337 g/mol. The summed E-state index contributed by atoms with van der Waals surface area (Å²) in [7, 11) is -3.59. The van der Waals surface area contributed by atoms with Crippen LogP contribution in [0.3, 0.4) is 0 Å². The third kappa shape index (κ3) is 3.79. The maximum absolute atomic E-state index is 11.6. The van der Waals surface area contributed by atoms with Crippen molar-refractivity contribution in [2.24, 2.45) is 0 Å². The number of H-pyrrole nitrogens is 1. The number of nitrogens with zero attached hydrogens (tertiary/aromatic N) is 1. The fourth-order valence-electron chi connectivity index (χ4n) is 1.95. The highest BCUT2D eigenvalue weighted by Crippen LogP contribution is 2.28. The lowest BCUT2D eigenvalue weighted by molar-refractivity contribution is -0.0761. The van der Waals surface area contributed by atoms with Gasteiger partial charge in [0.2, 0.25) is 10.0 Å². The number of hydrogen-bond donors (Lipinski definition) is 4. The van der Waals surface area contributed by atoms with E-state index < -0.39 is 45.8 Å². The van der Waals surface area contributed by atoms with E-state index in [0.29, 0.717) is 0 Å². The highest BCUT2D eigenvalue weighted by molar-refractivity contribution is 7.88. The zero-order valence-electron chi connectivity index (χ0n) is 11.4. The first-order valence-corrected chi connectivity index (χ1v) is 8.00. The minimum absolute atomic E-state index is 0.389. The van der Waals surface area contributed by atoms with Crippen LogP contribution in [0.25, 0.3) is 0 Å². The van der Waals surface area contributed by atoms with Gasteiger partial charge in [-0.15, -0.1) is 0 Å². The molecule has 0 bridgehead atoms. The Balaban J connectivity index is 2.09. The van der Waals surface area contributed by atoms with Crippen molar-refractivity contribution in [1.82, 2.24) is 14.4 Å². The summed E-state index contributed by atoms with van der Waals surface area (Å²) in [5, 5.41) is 19.8. The standard InChI is InChI=1S/C10H15N3O8S/c1-22(18,19)12-20-4-5-7(15)8(16)9(21-5)13-3-2-6(14)11-10(13)17/h2-3,5,7-9,12,15-16H,4H2,1H3,(H,11,14,17)/t5-,7-,8-,9-/m1/s1. The molecular formula is C10H15N3O8S. The van der Waals surface area contributed by atoms with Crippen LogP contribution < -0.4 is 16.1 Å². The molecule has 0 aliphatic carbocycles. The summed E-state index contributed by atoms with van der Waals surface area (Å²) in [6.07, 6.45) is -3.21. The summed E-state index contributed by atoms with van der Waals surface area (Å²) in [6, 6.07) is 1.05. The average Bonchev–Trinajstić information content (AvgIpc) is 2.66. The summed E-state index contributed by atoms with van der Waals surface area (Å²) in [5.74, 6) is 0. The monoisotopic (exact) mass is 337 g/mol. The second-order valence-corrected chi connectivity index (χ2v) is 6.44. The largest absolute Gasteiger partial charge is 0.387 e. The lowest BCUT2D eigenvalue weighted by atomic mass is 10.1. The summed E-state index contributed by atoms with van der Waals surface area (Å²) in [4.78, 5) is 31.0. The van der Waals surface area contributed by atoms with Crippen LogP contribution in [0.15, 0.2) is 21.9 Å². The van der Waals surface area contributed by atoms with Crippen LogP contribution in [-0.4, -0.2) is 59.4 Å². The first-order valence-electron chi connectivity index (χ1n) is 6.10. The van der Waals surface area contributed by atoms with Gasteiger partial charge in [0, 0.05) is 12.3 Å². The second-order valence-electron chi connectivity index (χ2n) is 4.73. The number of aromatic nitrogens is 2. The minimum Gasteiger partial charge on any atom is -0.387 e. The first-order chi connectivity index (χ1) is 10.2. The van der Waals surface area contributed by atoms with E-state index in [1.807, 2.05) is 4.98 Å². The predicted molar refractivity (Wildman–Crippen MR) is 71.2 cm³/mol. The maximum Gasteiger partial charge on any atom is 0.330 e. The Bertz CT molecular complexity index is 741. The topological polar surface area (TPSA) is 160 Å². The maximum atomic E-state index is 11.6. The molecule has 12 heteroatoms. The molecule has 22 heavy (non-hydrogen) atoms. The third-order valence-electron chi connectivity index (χ3n) is 2.92. The van der Waals surface area contributed by atoms with Gasteiger partial charge in [-0.3, -0.25) is 19.2 Å². The van der Waals surface area contributed by atoms with Gasteiger partial charge in [-0.1, -0.05) is 4.89 Å². The van der Waals surface area contributed by atoms with E-state index in [4.69, 9.17) is 4.74 Å². The molecule has 1 aliphatic rings. The van der Waals surface area contributed by atoms with Crippen molar-refractivity contribution in [1.29, 1.82) is 0 Å². The molecule has 0 aromatic carbocycles.